The van der Waals surface area contributed by atoms with E-state index in [0.29, 0.717) is 12.5 Å². The molecule has 2 amide bonds. The molecule has 1 aromatic rings. The molecule has 0 saturated heterocycles. The fourth-order valence-corrected chi connectivity index (χ4v) is 2.81. The van der Waals surface area contributed by atoms with Crippen molar-refractivity contribution in [2.24, 2.45) is 5.92 Å². The van der Waals surface area contributed by atoms with Crippen molar-refractivity contribution in [1.29, 1.82) is 0 Å². The summed E-state index contributed by atoms with van der Waals surface area (Å²) in [6.45, 7) is 2.24. The molecule has 1 aliphatic carbocycles. The van der Waals surface area contributed by atoms with Gasteiger partial charge in [-0.3, -0.25) is 0 Å². The first kappa shape index (κ1) is 15.1. The third kappa shape index (κ3) is 3.61. The zero-order chi connectivity index (χ0) is 14.8. The van der Waals surface area contributed by atoms with Crippen molar-refractivity contribution in [2.75, 3.05) is 25.6 Å². The number of hydrogen-bond donors (Lipinski definition) is 3. The van der Waals surface area contributed by atoms with E-state index >= 15 is 0 Å². The SMILES string of the molecule is CN(C)c1nc(CNC(=O)NC(C)(CO)C2CC2)cs1. The maximum atomic E-state index is 11.9. The minimum atomic E-state index is -0.513. The highest BCUT2D eigenvalue weighted by atomic mass is 32.1. The molecule has 1 heterocycles. The smallest absolute Gasteiger partial charge is 0.315 e. The number of hydrogen-bond acceptors (Lipinski definition) is 5. The highest BCUT2D eigenvalue weighted by Crippen LogP contribution is 2.39. The normalized spacial score (nSPS) is 17.4. The molecule has 0 spiro atoms. The molecule has 2 rings (SSSR count). The van der Waals surface area contributed by atoms with Gasteiger partial charge in [0.25, 0.3) is 0 Å². The van der Waals surface area contributed by atoms with Crippen molar-refractivity contribution in [3.05, 3.63) is 11.1 Å². The molecule has 1 unspecified atom stereocenters. The molecule has 0 aliphatic heterocycles. The Morgan fingerprint density at radius 3 is 2.80 bits per heavy atom. The number of amides is 2. The summed E-state index contributed by atoms with van der Waals surface area (Å²) in [7, 11) is 3.87. The zero-order valence-electron chi connectivity index (χ0n) is 12.1. The maximum Gasteiger partial charge on any atom is 0.315 e. The number of aliphatic hydroxyl groups is 1. The van der Waals surface area contributed by atoms with Gasteiger partial charge in [0.05, 0.1) is 24.4 Å². The molecule has 20 heavy (non-hydrogen) atoms. The molecule has 0 radical (unpaired) electrons. The van der Waals surface area contributed by atoms with Crippen molar-refractivity contribution in [3.63, 3.8) is 0 Å². The predicted octanol–water partition coefficient (Wildman–Crippen LogP) is 1.17. The van der Waals surface area contributed by atoms with E-state index in [0.717, 1.165) is 23.7 Å². The lowest BCUT2D eigenvalue weighted by Gasteiger charge is -2.28. The summed E-state index contributed by atoms with van der Waals surface area (Å²) in [6, 6.07) is -0.257. The Morgan fingerprint density at radius 2 is 2.30 bits per heavy atom. The first-order valence-electron chi connectivity index (χ1n) is 6.73. The van der Waals surface area contributed by atoms with Crippen LogP contribution in [0.5, 0.6) is 0 Å². The minimum absolute atomic E-state index is 0.0352. The number of carbonyl (C=O) groups excluding carboxylic acids is 1. The first-order chi connectivity index (χ1) is 9.44. The van der Waals surface area contributed by atoms with E-state index in [9.17, 15) is 9.90 Å². The molecular formula is C13H22N4O2S. The Labute approximate surface area is 123 Å². The van der Waals surface area contributed by atoms with Gasteiger partial charge in [0.2, 0.25) is 0 Å². The Balaban J connectivity index is 1.82. The van der Waals surface area contributed by atoms with Crippen LogP contribution in [0.25, 0.3) is 0 Å². The summed E-state index contributed by atoms with van der Waals surface area (Å²) in [5, 5.41) is 17.9. The Morgan fingerprint density at radius 1 is 1.60 bits per heavy atom. The highest BCUT2D eigenvalue weighted by Gasteiger charge is 2.42. The van der Waals surface area contributed by atoms with E-state index in [1.807, 2.05) is 31.3 Å². The number of rotatable bonds is 6. The lowest BCUT2D eigenvalue weighted by molar-refractivity contribution is 0.155. The van der Waals surface area contributed by atoms with Crippen molar-refractivity contribution in [3.8, 4) is 0 Å². The molecule has 0 aromatic carbocycles. The van der Waals surface area contributed by atoms with E-state index < -0.39 is 5.54 Å². The number of urea groups is 1. The van der Waals surface area contributed by atoms with Crippen molar-refractivity contribution in [2.45, 2.75) is 31.8 Å². The number of carbonyl (C=O) groups is 1. The second-order valence-electron chi connectivity index (χ2n) is 5.67. The van der Waals surface area contributed by atoms with Crippen LogP contribution in [0.4, 0.5) is 9.93 Å². The van der Waals surface area contributed by atoms with Crippen LogP contribution in [0.3, 0.4) is 0 Å². The molecule has 0 bridgehead atoms. The quantitative estimate of drug-likeness (QED) is 0.737. The van der Waals surface area contributed by atoms with E-state index in [2.05, 4.69) is 15.6 Å². The molecule has 1 atom stereocenters. The largest absolute Gasteiger partial charge is 0.394 e. The van der Waals surface area contributed by atoms with E-state index in [4.69, 9.17) is 0 Å². The molecule has 3 N–H and O–H groups in total. The topological polar surface area (TPSA) is 77.5 Å². The summed E-state index contributed by atoms with van der Waals surface area (Å²) < 4.78 is 0. The number of aromatic nitrogens is 1. The van der Waals surface area contributed by atoms with Crippen molar-refractivity contribution < 1.29 is 9.90 Å². The third-order valence-electron chi connectivity index (χ3n) is 3.56. The lowest BCUT2D eigenvalue weighted by Crippen LogP contribution is -2.53. The number of nitrogens with zero attached hydrogens (tertiary/aromatic N) is 2. The summed E-state index contributed by atoms with van der Waals surface area (Å²) in [6.07, 6.45) is 2.13. The third-order valence-corrected chi connectivity index (χ3v) is 4.62. The van der Waals surface area contributed by atoms with Gasteiger partial charge in [-0.05, 0) is 25.7 Å². The van der Waals surface area contributed by atoms with Gasteiger partial charge in [-0.25, -0.2) is 9.78 Å². The van der Waals surface area contributed by atoms with Gasteiger partial charge in [0.1, 0.15) is 0 Å². The van der Waals surface area contributed by atoms with Crippen molar-refractivity contribution in [1.82, 2.24) is 15.6 Å². The second kappa shape index (κ2) is 5.97. The molecule has 7 heteroatoms. The summed E-state index contributed by atoms with van der Waals surface area (Å²) in [4.78, 5) is 18.2. The predicted molar refractivity (Wildman–Crippen MR) is 80.0 cm³/mol. The highest BCUT2D eigenvalue weighted by molar-refractivity contribution is 7.13. The number of thiazole rings is 1. The van der Waals surface area contributed by atoms with Crippen LogP contribution in [0.2, 0.25) is 0 Å². The maximum absolute atomic E-state index is 11.9. The molecule has 112 valence electrons. The van der Waals surface area contributed by atoms with Gasteiger partial charge < -0.3 is 20.6 Å². The van der Waals surface area contributed by atoms with E-state index in [1.165, 1.54) is 0 Å². The average molecular weight is 298 g/mol. The fraction of sp³-hybridized carbons (Fsp3) is 0.692. The van der Waals surface area contributed by atoms with E-state index in [-0.39, 0.29) is 12.6 Å². The number of nitrogens with one attached hydrogen (secondary N) is 2. The number of anilines is 1. The summed E-state index contributed by atoms with van der Waals surface area (Å²) >= 11 is 1.54. The fourth-order valence-electron chi connectivity index (χ4n) is 2.05. The molecule has 1 aromatic heterocycles. The summed E-state index contributed by atoms with van der Waals surface area (Å²) in [5.74, 6) is 0.387. The van der Waals surface area contributed by atoms with Crippen LogP contribution in [0.15, 0.2) is 5.38 Å². The van der Waals surface area contributed by atoms with Crippen LogP contribution in [-0.2, 0) is 6.54 Å². The van der Waals surface area contributed by atoms with Crippen LogP contribution >= 0.6 is 11.3 Å². The Bertz CT molecular complexity index is 473. The standard InChI is InChI=1S/C13H22N4O2S/c1-13(8-18,9-4-5-9)16-11(19)14-6-10-7-20-12(15-10)17(2)3/h7,9,18H,4-6,8H2,1-3H3,(H2,14,16,19). The Kier molecular flexibility index (Phi) is 4.49. The zero-order valence-corrected chi connectivity index (χ0v) is 13.0. The number of aliphatic hydroxyl groups excluding tert-OH is 1. The van der Waals surface area contributed by atoms with Gasteiger partial charge in [-0.2, -0.15) is 0 Å². The van der Waals surface area contributed by atoms with Gasteiger partial charge >= 0.3 is 6.03 Å². The van der Waals surface area contributed by atoms with Crippen molar-refractivity contribution >= 4 is 22.5 Å². The Hall–Kier alpha value is -1.34. The van der Waals surface area contributed by atoms with Gasteiger partial charge in [-0.1, -0.05) is 0 Å². The van der Waals surface area contributed by atoms with Crippen LogP contribution in [0.1, 0.15) is 25.5 Å². The minimum Gasteiger partial charge on any atom is -0.394 e. The molecule has 1 saturated carbocycles. The first-order valence-corrected chi connectivity index (χ1v) is 7.61. The average Bonchev–Trinajstić information content (AvgIpc) is 3.15. The van der Waals surface area contributed by atoms with Crippen LogP contribution < -0.4 is 15.5 Å². The molecule has 1 aliphatic rings. The van der Waals surface area contributed by atoms with Crippen LogP contribution in [-0.4, -0.2) is 42.4 Å². The van der Waals surface area contributed by atoms with Crippen LogP contribution in [0, 0.1) is 5.92 Å². The monoisotopic (exact) mass is 298 g/mol. The van der Waals surface area contributed by atoms with Gasteiger partial charge in [-0.15, -0.1) is 11.3 Å². The molecule has 6 nitrogen and oxygen atoms in total. The van der Waals surface area contributed by atoms with Gasteiger partial charge in [0.15, 0.2) is 5.13 Å². The molecule has 1 fully saturated rings. The second-order valence-corrected chi connectivity index (χ2v) is 6.51. The van der Waals surface area contributed by atoms with E-state index in [1.54, 1.807) is 11.3 Å². The van der Waals surface area contributed by atoms with Gasteiger partial charge in [0, 0.05) is 19.5 Å². The lowest BCUT2D eigenvalue weighted by atomic mass is 9.97. The summed E-state index contributed by atoms with van der Waals surface area (Å²) in [5.41, 5.74) is 0.326. The molecular weight excluding hydrogens is 276 g/mol.